The van der Waals surface area contributed by atoms with Gasteiger partial charge in [-0.05, 0) is 55.2 Å². The molecule has 1 saturated carbocycles. The smallest absolute Gasteiger partial charge is 0.319 e. The summed E-state index contributed by atoms with van der Waals surface area (Å²) < 4.78 is 16.3. The first kappa shape index (κ1) is 20.5. The normalized spacial score (nSPS) is 27.2. The van der Waals surface area contributed by atoms with Crippen LogP contribution in [0.5, 0.6) is 17.6 Å². The molecule has 1 aromatic carbocycles. The maximum absolute atomic E-state index is 11.8. The van der Waals surface area contributed by atoms with Gasteiger partial charge in [-0.2, -0.15) is 4.98 Å². The van der Waals surface area contributed by atoms with Gasteiger partial charge in [-0.15, -0.1) is 0 Å². The van der Waals surface area contributed by atoms with Crippen LogP contribution in [0, 0.1) is 11.8 Å². The van der Waals surface area contributed by atoms with Crippen molar-refractivity contribution in [3.63, 3.8) is 0 Å². The zero-order valence-corrected chi connectivity index (χ0v) is 18.6. The van der Waals surface area contributed by atoms with Crippen LogP contribution in [0.15, 0.2) is 18.3 Å². The van der Waals surface area contributed by atoms with E-state index in [0.29, 0.717) is 23.8 Å². The second-order valence-electron chi connectivity index (χ2n) is 9.09. The average molecular weight is 426 g/mol. The number of hydrogen-bond donors (Lipinski definition) is 1. The van der Waals surface area contributed by atoms with E-state index in [9.17, 15) is 5.11 Å². The highest BCUT2D eigenvalue weighted by Crippen LogP contribution is 2.52. The number of rotatable bonds is 6. The quantitative estimate of drug-likeness (QED) is 0.763. The Morgan fingerprint density at radius 1 is 1.10 bits per heavy atom. The fraction of sp³-hybridized carbons (Fsp3) is 0.583. The van der Waals surface area contributed by atoms with Crippen LogP contribution in [-0.2, 0) is 25.0 Å². The number of aryl methyl sites for hydroxylation is 2. The molecule has 0 unspecified atom stereocenters. The summed E-state index contributed by atoms with van der Waals surface area (Å²) in [4.78, 5) is 11.0. The minimum atomic E-state index is -0.987. The molecule has 1 saturated heterocycles. The number of aromatic nitrogens is 2. The van der Waals surface area contributed by atoms with Crippen LogP contribution >= 0.6 is 0 Å². The van der Waals surface area contributed by atoms with E-state index in [4.69, 9.17) is 14.2 Å². The Kier molecular flexibility index (Phi) is 5.26. The number of aliphatic hydroxyl groups is 1. The van der Waals surface area contributed by atoms with E-state index < -0.39 is 5.60 Å². The second kappa shape index (κ2) is 7.95. The molecule has 1 aliphatic heterocycles. The van der Waals surface area contributed by atoms with Crippen LogP contribution in [-0.4, -0.2) is 54.4 Å². The summed E-state index contributed by atoms with van der Waals surface area (Å²) in [7, 11) is 4.85. The molecule has 0 bridgehead atoms. The predicted octanol–water partition coefficient (Wildman–Crippen LogP) is 2.72. The first-order valence-corrected chi connectivity index (χ1v) is 11.1. The summed E-state index contributed by atoms with van der Waals surface area (Å²) in [6, 6.07) is 4.81. The Morgan fingerprint density at radius 3 is 2.65 bits per heavy atom. The average Bonchev–Trinajstić information content (AvgIpc) is 3.49. The molecule has 31 heavy (non-hydrogen) atoms. The third-order valence-corrected chi connectivity index (χ3v) is 7.49. The van der Waals surface area contributed by atoms with Gasteiger partial charge < -0.3 is 19.3 Å². The zero-order chi connectivity index (χ0) is 21.6. The molecular weight excluding hydrogens is 394 g/mol. The molecule has 3 atom stereocenters. The number of methoxy groups -OCH3 is 3. The van der Waals surface area contributed by atoms with Crippen LogP contribution in [0.1, 0.15) is 41.5 Å². The monoisotopic (exact) mass is 425 g/mol. The van der Waals surface area contributed by atoms with Gasteiger partial charge in [0, 0.05) is 37.3 Å². The minimum Gasteiger partial charge on any atom is -0.496 e. The van der Waals surface area contributed by atoms with Crippen molar-refractivity contribution < 1.29 is 19.3 Å². The van der Waals surface area contributed by atoms with Crippen molar-refractivity contribution in [3.05, 3.63) is 40.6 Å². The Hall–Kier alpha value is -2.38. The van der Waals surface area contributed by atoms with Gasteiger partial charge in [0.15, 0.2) is 0 Å². The van der Waals surface area contributed by atoms with Gasteiger partial charge in [0.05, 0.1) is 26.9 Å². The zero-order valence-electron chi connectivity index (χ0n) is 18.6. The third-order valence-electron chi connectivity index (χ3n) is 7.49. The molecule has 2 heterocycles. The topological polar surface area (TPSA) is 76.9 Å². The number of likely N-dealkylation sites (tertiary alicyclic amines) is 1. The molecular formula is C24H31N3O4. The minimum absolute atomic E-state index is 0.124. The number of ether oxygens (including phenoxy) is 3. The fourth-order valence-corrected chi connectivity index (χ4v) is 5.96. The summed E-state index contributed by atoms with van der Waals surface area (Å²) in [5.41, 5.74) is 3.82. The van der Waals surface area contributed by atoms with Gasteiger partial charge in [0.2, 0.25) is 5.88 Å². The SMILES string of the molecule is COc1ncc([C@]2(O)CC[C@H]3CN(Cc4cc5c(cc4OC)CCC5)C[C@H]32)c(OC)n1. The van der Waals surface area contributed by atoms with Crippen LogP contribution in [0.4, 0.5) is 0 Å². The van der Waals surface area contributed by atoms with E-state index in [1.54, 1.807) is 20.4 Å². The Morgan fingerprint density at radius 2 is 1.90 bits per heavy atom. The lowest BCUT2D eigenvalue weighted by Crippen LogP contribution is -2.35. The van der Waals surface area contributed by atoms with Gasteiger partial charge in [-0.1, -0.05) is 6.07 Å². The van der Waals surface area contributed by atoms with E-state index in [1.165, 1.54) is 30.2 Å². The summed E-state index contributed by atoms with van der Waals surface area (Å²) in [5.74, 6) is 1.95. The van der Waals surface area contributed by atoms with Crippen LogP contribution in [0.25, 0.3) is 0 Å². The van der Waals surface area contributed by atoms with Crippen molar-refractivity contribution in [2.45, 2.75) is 44.2 Å². The van der Waals surface area contributed by atoms with E-state index in [-0.39, 0.29) is 11.9 Å². The largest absolute Gasteiger partial charge is 0.496 e. The van der Waals surface area contributed by atoms with Crippen LogP contribution < -0.4 is 14.2 Å². The van der Waals surface area contributed by atoms with Crippen molar-refractivity contribution >= 4 is 0 Å². The number of fused-ring (bicyclic) bond motifs is 2. The molecule has 3 aliphatic rings. The van der Waals surface area contributed by atoms with Crippen molar-refractivity contribution in [2.24, 2.45) is 11.8 Å². The lowest BCUT2D eigenvalue weighted by molar-refractivity contribution is -0.00973. The van der Waals surface area contributed by atoms with E-state index in [0.717, 1.165) is 44.6 Å². The third kappa shape index (κ3) is 3.44. The molecule has 2 aliphatic carbocycles. The molecule has 2 fully saturated rings. The Labute approximate surface area is 183 Å². The van der Waals surface area contributed by atoms with Gasteiger partial charge >= 0.3 is 6.01 Å². The standard InChI is InChI=1S/C24H31N3O4/c1-29-21-10-16-6-4-5-15(16)9-18(21)13-27-12-17-7-8-24(28,20(17)14-27)19-11-25-23(31-3)26-22(19)30-2/h9-11,17,20,28H,4-8,12-14H2,1-3H3/t17-,20+,24+/m0/s1. The first-order chi connectivity index (χ1) is 15.1. The molecule has 0 amide bonds. The molecule has 5 rings (SSSR count). The van der Waals surface area contributed by atoms with E-state index >= 15 is 0 Å². The summed E-state index contributed by atoms with van der Waals surface area (Å²) in [5, 5.41) is 11.8. The predicted molar refractivity (Wildman–Crippen MR) is 116 cm³/mol. The van der Waals surface area contributed by atoms with Crippen LogP contribution in [0.2, 0.25) is 0 Å². The van der Waals surface area contributed by atoms with E-state index in [2.05, 4.69) is 27.0 Å². The van der Waals surface area contributed by atoms with Gasteiger partial charge in [-0.3, -0.25) is 4.90 Å². The molecule has 0 radical (unpaired) electrons. The summed E-state index contributed by atoms with van der Waals surface area (Å²) in [6.45, 7) is 2.65. The number of hydrogen-bond acceptors (Lipinski definition) is 7. The molecule has 7 nitrogen and oxygen atoms in total. The Bertz CT molecular complexity index is 982. The van der Waals surface area contributed by atoms with Gasteiger partial charge in [0.25, 0.3) is 0 Å². The van der Waals surface area contributed by atoms with Crippen LogP contribution in [0.3, 0.4) is 0 Å². The highest BCUT2D eigenvalue weighted by molar-refractivity contribution is 5.45. The van der Waals surface area contributed by atoms with Crippen molar-refractivity contribution in [3.8, 4) is 17.6 Å². The lowest BCUT2D eigenvalue weighted by Gasteiger charge is -2.31. The maximum atomic E-state index is 11.8. The Balaban J connectivity index is 1.38. The molecule has 0 spiro atoms. The van der Waals surface area contributed by atoms with Gasteiger partial charge in [-0.25, -0.2) is 4.98 Å². The molecule has 1 aromatic heterocycles. The van der Waals surface area contributed by atoms with Crippen molar-refractivity contribution in [1.29, 1.82) is 0 Å². The number of nitrogens with zero attached hydrogens (tertiary/aromatic N) is 3. The summed E-state index contributed by atoms with van der Waals surface area (Å²) >= 11 is 0. The second-order valence-corrected chi connectivity index (χ2v) is 9.09. The molecule has 166 valence electrons. The van der Waals surface area contributed by atoms with E-state index in [1.807, 2.05) is 0 Å². The highest BCUT2D eigenvalue weighted by atomic mass is 16.5. The fourth-order valence-electron chi connectivity index (χ4n) is 5.96. The highest BCUT2D eigenvalue weighted by Gasteiger charge is 2.54. The first-order valence-electron chi connectivity index (χ1n) is 11.1. The lowest BCUT2D eigenvalue weighted by atomic mass is 9.83. The van der Waals surface area contributed by atoms with Gasteiger partial charge in [0.1, 0.15) is 11.4 Å². The van der Waals surface area contributed by atoms with Crippen molar-refractivity contribution in [1.82, 2.24) is 14.9 Å². The molecule has 1 N–H and O–H groups in total. The summed E-state index contributed by atoms with van der Waals surface area (Å²) in [6.07, 6.45) is 6.89. The molecule has 7 heteroatoms. The number of benzene rings is 1. The van der Waals surface area contributed by atoms with Crippen molar-refractivity contribution in [2.75, 3.05) is 34.4 Å². The maximum Gasteiger partial charge on any atom is 0.319 e. The molecule has 2 aromatic rings.